The highest BCUT2D eigenvalue weighted by molar-refractivity contribution is 5.91. The van der Waals surface area contributed by atoms with Crippen LogP contribution in [0.4, 0.5) is 4.39 Å². The van der Waals surface area contributed by atoms with Crippen LogP contribution in [0.5, 0.6) is 11.5 Å². The van der Waals surface area contributed by atoms with Crippen molar-refractivity contribution in [2.75, 3.05) is 6.79 Å². The average molecular weight is 379 g/mol. The molecule has 28 heavy (non-hydrogen) atoms. The lowest BCUT2D eigenvalue weighted by molar-refractivity contribution is -0.116. The molecule has 0 unspecified atom stereocenters. The first-order valence-electron chi connectivity index (χ1n) is 8.74. The van der Waals surface area contributed by atoms with E-state index in [4.69, 9.17) is 9.47 Å². The fraction of sp³-hybridized carbons (Fsp3) is 0.143. The summed E-state index contributed by atoms with van der Waals surface area (Å²) in [6, 6.07) is 10.3. The SMILES string of the molecule is Cc1nccn1-c1ccc(CNC(=O)/C=C/c2ccc3c(c2)OCO3)cc1F. The van der Waals surface area contributed by atoms with Gasteiger partial charge in [-0.1, -0.05) is 12.1 Å². The van der Waals surface area contributed by atoms with Gasteiger partial charge in [-0.2, -0.15) is 0 Å². The molecule has 1 amide bonds. The van der Waals surface area contributed by atoms with E-state index in [2.05, 4.69) is 10.3 Å². The standard InChI is InChI=1S/C21H18FN3O3/c1-14-23-8-9-25(14)18-5-2-16(10-17(18)22)12-24-21(26)7-4-15-3-6-19-20(11-15)28-13-27-19/h2-11H,12-13H2,1H3,(H,24,26)/b7-4+. The number of nitrogens with zero attached hydrogens (tertiary/aromatic N) is 2. The van der Waals surface area contributed by atoms with Crippen LogP contribution in [0.25, 0.3) is 11.8 Å². The van der Waals surface area contributed by atoms with Crippen LogP contribution in [0.1, 0.15) is 17.0 Å². The summed E-state index contributed by atoms with van der Waals surface area (Å²) in [6.45, 7) is 2.24. The first-order chi connectivity index (χ1) is 13.6. The van der Waals surface area contributed by atoms with E-state index >= 15 is 0 Å². The zero-order chi connectivity index (χ0) is 19.5. The van der Waals surface area contributed by atoms with Crippen LogP contribution in [-0.4, -0.2) is 22.3 Å². The molecule has 2 aromatic carbocycles. The summed E-state index contributed by atoms with van der Waals surface area (Å²) in [5, 5.41) is 2.75. The monoisotopic (exact) mass is 379 g/mol. The van der Waals surface area contributed by atoms with Crippen LogP contribution in [-0.2, 0) is 11.3 Å². The summed E-state index contributed by atoms with van der Waals surface area (Å²) in [6.07, 6.45) is 6.44. The van der Waals surface area contributed by atoms with E-state index in [0.29, 0.717) is 28.6 Å². The maximum Gasteiger partial charge on any atom is 0.244 e. The molecule has 1 aliphatic rings. The number of carbonyl (C=O) groups is 1. The molecule has 1 aliphatic heterocycles. The van der Waals surface area contributed by atoms with Crippen molar-refractivity contribution < 1.29 is 18.7 Å². The Kier molecular flexibility index (Phi) is 4.80. The van der Waals surface area contributed by atoms with Crippen molar-refractivity contribution in [3.05, 3.63) is 77.6 Å². The molecule has 0 spiro atoms. The summed E-state index contributed by atoms with van der Waals surface area (Å²) in [7, 11) is 0. The van der Waals surface area contributed by atoms with E-state index < -0.39 is 0 Å². The minimum Gasteiger partial charge on any atom is -0.454 e. The second kappa shape index (κ2) is 7.56. The highest BCUT2D eigenvalue weighted by Gasteiger charge is 2.12. The summed E-state index contributed by atoms with van der Waals surface area (Å²) < 4.78 is 26.6. The number of carbonyl (C=O) groups excluding carboxylic acids is 1. The molecule has 142 valence electrons. The number of aryl methyl sites for hydroxylation is 1. The molecule has 0 saturated heterocycles. The smallest absolute Gasteiger partial charge is 0.244 e. The third-order valence-corrected chi connectivity index (χ3v) is 4.39. The van der Waals surface area contributed by atoms with Gasteiger partial charge in [0.1, 0.15) is 11.6 Å². The van der Waals surface area contributed by atoms with Gasteiger partial charge in [0.25, 0.3) is 0 Å². The van der Waals surface area contributed by atoms with E-state index in [1.54, 1.807) is 54.2 Å². The van der Waals surface area contributed by atoms with Gasteiger partial charge in [0, 0.05) is 25.0 Å². The van der Waals surface area contributed by atoms with Gasteiger partial charge in [0.2, 0.25) is 12.7 Å². The highest BCUT2D eigenvalue weighted by Crippen LogP contribution is 2.32. The fourth-order valence-electron chi connectivity index (χ4n) is 2.93. The third-order valence-electron chi connectivity index (χ3n) is 4.39. The van der Waals surface area contributed by atoms with E-state index in [-0.39, 0.29) is 25.1 Å². The van der Waals surface area contributed by atoms with E-state index in [0.717, 1.165) is 5.56 Å². The van der Waals surface area contributed by atoms with Crippen molar-refractivity contribution in [1.29, 1.82) is 0 Å². The van der Waals surface area contributed by atoms with Crippen molar-refractivity contribution in [2.45, 2.75) is 13.5 Å². The second-order valence-corrected chi connectivity index (χ2v) is 6.29. The van der Waals surface area contributed by atoms with Crippen molar-refractivity contribution in [3.63, 3.8) is 0 Å². The number of fused-ring (bicyclic) bond motifs is 1. The number of benzene rings is 2. The van der Waals surface area contributed by atoms with Gasteiger partial charge in [-0.15, -0.1) is 0 Å². The largest absolute Gasteiger partial charge is 0.454 e. The molecule has 0 saturated carbocycles. The molecule has 1 N–H and O–H groups in total. The lowest BCUT2D eigenvalue weighted by Gasteiger charge is -2.09. The van der Waals surface area contributed by atoms with Gasteiger partial charge < -0.3 is 19.4 Å². The topological polar surface area (TPSA) is 65.4 Å². The van der Waals surface area contributed by atoms with Crippen LogP contribution in [0.3, 0.4) is 0 Å². The molecular weight excluding hydrogens is 361 g/mol. The first-order valence-corrected chi connectivity index (χ1v) is 8.74. The Bertz CT molecular complexity index is 1060. The van der Waals surface area contributed by atoms with Crippen LogP contribution in [0.2, 0.25) is 0 Å². The van der Waals surface area contributed by atoms with Crippen molar-refractivity contribution in [2.24, 2.45) is 0 Å². The molecule has 0 fully saturated rings. The van der Waals surface area contributed by atoms with Crippen molar-refractivity contribution in [3.8, 4) is 17.2 Å². The molecule has 6 nitrogen and oxygen atoms in total. The molecule has 2 heterocycles. The Balaban J connectivity index is 1.37. The molecule has 3 aromatic rings. The summed E-state index contributed by atoms with van der Waals surface area (Å²) in [5.74, 6) is 1.41. The van der Waals surface area contributed by atoms with E-state index in [1.165, 1.54) is 12.1 Å². The normalized spacial score (nSPS) is 12.5. The Labute approximate surface area is 161 Å². The van der Waals surface area contributed by atoms with Gasteiger partial charge in [0.15, 0.2) is 11.5 Å². The van der Waals surface area contributed by atoms with Gasteiger partial charge >= 0.3 is 0 Å². The number of hydrogen-bond acceptors (Lipinski definition) is 4. The molecule has 0 bridgehead atoms. The zero-order valence-corrected chi connectivity index (χ0v) is 15.2. The molecule has 0 aliphatic carbocycles. The lowest BCUT2D eigenvalue weighted by atomic mass is 10.1. The Morgan fingerprint density at radius 2 is 2.11 bits per heavy atom. The van der Waals surface area contributed by atoms with Crippen LogP contribution < -0.4 is 14.8 Å². The second-order valence-electron chi connectivity index (χ2n) is 6.29. The van der Waals surface area contributed by atoms with Gasteiger partial charge in [-0.25, -0.2) is 9.37 Å². The number of ether oxygens (including phenoxy) is 2. The predicted octanol–water partition coefficient (Wildman–Crippen LogP) is 3.38. The van der Waals surface area contributed by atoms with Gasteiger partial charge in [-0.05, 0) is 48.4 Å². The number of aromatic nitrogens is 2. The summed E-state index contributed by atoms with van der Waals surface area (Å²) in [4.78, 5) is 16.1. The predicted molar refractivity (Wildman–Crippen MR) is 102 cm³/mol. The molecular formula is C21H18FN3O3. The molecule has 0 radical (unpaired) electrons. The Morgan fingerprint density at radius 3 is 2.89 bits per heavy atom. The van der Waals surface area contributed by atoms with E-state index in [9.17, 15) is 9.18 Å². The van der Waals surface area contributed by atoms with Crippen LogP contribution in [0.15, 0.2) is 54.9 Å². The number of hydrogen-bond donors (Lipinski definition) is 1. The number of halogens is 1. The average Bonchev–Trinajstić information content (AvgIpc) is 3.33. The highest BCUT2D eigenvalue weighted by atomic mass is 19.1. The number of imidazole rings is 1. The van der Waals surface area contributed by atoms with Crippen LogP contribution in [0, 0.1) is 12.7 Å². The Morgan fingerprint density at radius 1 is 1.25 bits per heavy atom. The van der Waals surface area contributed by atoms with Crippen molar-refractivity contribution >= 4 is 12.0 Å². The fourth-order valence-corrected chi connectivity index (χ4v) is 2.93. The molecule has 0 atom stereocenters. The first kappa shape index (κ1) is 17.8. The maximum absolute atomic E-state index is 14.4. The molecule has 1 aromatic heterocycles. The number of amides is 1. The number of nitrogens with one attached hydrogen (secondary N) is 1. The minimum atomic E-state index is -0.372. The zero-order valence-electron chi connectivity index (χ0n) is 15.2. The summed E-state index contributed by atoms with van der Waals surface area (Å²) >= 11 is 0. The van der Waals surface area contributed by atoms with Crippen molar-refractivity contribution in [1.82, 2.24) is 14.9 Å². The maximum atomic E-state index is 14.4. The molecule has 4 rings (SSSR count). The minimum absolute atomic E-state index is 0.207. The summed E-state index contributed by atoms with van der Waals surface area (Å²) in [5.41, 5.74) is 1.92. The molecule has 7 heteroatoms. The lowest BCUT2D eigenvalue weighted by Crippen LogP contribution is -2.20. The Hall–Kier alpha value is -3.61. The quantitative estimate of drug-likeness (QED) is 0.691. The van der Waals surface area contributed by atoms with E-state index in [1.807, 2.05) is 6.07 Å². The third kappa shape index (κ3) is 3.73. The number of rotatable bonds is 5. The van der Waals surface area contributed by atoms with Gasteiger partial charge in [-0.3, -0.25) is 4.79 Å². The van der Waals surface area contributed by atoms with Gasteiger partial charge in [0.05, 0.1) is 5.69 Å². The van der Waals surface area contributed by atoms with Crippen LogP contribution >= 0.6 is 0 Å².